The maximum absolute atomic E-state index is 11.6. The Balaban J connectivity index is 3.05. The fraction of sp³-hybridized carbons (Fsp3) is 0.800. The Morgan fingerprint density at radius 3 is 2.50 bits per heavy atom. The van der Waals surface area contributed by atoms with E-state index in [1.165, 1.54) is 0 Å². The molecule has 1 aliphatic carbocycles. The maximum Gasteiger partial charge on any atom is 0.336 e. The first-order valence-electron chi connectivity index (χ1n) is 5.20. The minimum Gasteiger partial charge on any atom is -0.479 e. The first-order valence-corrected chi connectivity index (χ1v) is 5.20. The van der Waals surface area contributed by atoms with Crippen molar-refractivity contribution >= 4 is 11.8 Å². The van der Waals surface area contributed by atoms with Crippen LogP contribution in [-0.2, 0) is 9.59 Å². The zero-order valence-corrected chi connectivity index (χ0v) is 8.96. The molecule has 0 unspecified atom stereocenters. The summed E-state index contributed by atoms with van der Waals surface area (Å²) in [6, 6.07) is 0. The van der Waals surface area contributed by atoms with Gasteiger partial charge in [0.05, 0.1) is 12.0 Å². The normalized spacial score (nSPS) is 39.8. The predicted octanol–water partition coefficient (Wildman–Crippen LogP) is -1.09. The molecule has 0 aromatic carbocycles. The number of aliphatic carboxylic acids is 1. The quantitative estimate of drug-likeness (QED) is 0.491. The van der Waals surface area contributed by atoms with E-state index >= 15 is 0 Å². The Morgan fingerprint density at radius 2 is 2.06 bits per heavy atom. The SMILES string of the molecule is CCC[C@H]1C(=O)[C@@H](O)[C@H](O)C[C@]1(O)C(=O)O. The summed E-state index contributed by atoms with van der Waals surface area (Å²) in [5.74, 6) is -3.50. The average molecular weight is 232 g/mol. The van der Waals surface area contributed by atoms with E-state index in [2.05, 4.69) is 0 Å². The summed E-state index contributed by atoms with van der Waals surface area (Å²) >= 11 is 0. The van der Waals surface area contributed by atoms with E-state index in [1.54, 1.807) is 6.92 Å². The van der Waals surface area contributed by atoms with Crippen LogP contribution in [0.4, 0.5) is 0 Å². The van der Waals surface area contributed by atoms with Crippen molar-refractivity contribution in [3.8, 4) is 0 Å². The number of aliphatic hydroxyl groups is 3. The summed E-state index contributed by atoms with van der Waals surface area (Å²) in [5, 5.41) is 37.5. The zero-order chi connectivity index (χ0) is 12.5. The Kier molecular flexibility index (Phi) is 3.67. The lowest BCUT2D eigenvalue weighted by Crippen LogP contribution is -2.60. The molecule has 92 valence electrons. The van der Waals surface area contributed by atoms with E-state index in [0.717, 1.165) is 0 Å². The molecule has 1 saturated carbocycles. The third kappa shape index (κ3) is 1.95. The summed E-state index contributed by atoms with van der Waals surface area (Å²) in [7, 11) is 0. The van der Waals surface area contributed by atoms with Crippen LogP contribution in [-0.4, -0.2) is 50.0 Å². The van der Waals surface area contributed by atoms with E-state index in [0.29, 0.717) is 6.42 Å². The van der Waals surface area contributed by atoms with Crippen LogP contribution in [0.3, 0.4) is 0 Å². The molecule has 0 saturated heterocycles. The molecule has 0 aromatic heterocycles. The molecular formula is C10H16O6. The molecule has 16 heavy (non-hydrogen) atoms. The number of carbonyl (C=O) groups is 2. The number of rotatable bonds is 3. The van der Waals surface area contributed by atoms with Gasteiger partial charge < -0.3 is 20.4 Å². The van der Waals surface area contributed by atoms with Gasteiger partial charge in [-0.25, -0.2) is 4.79 Å². The van der Waals surface area contributed by atoms with E-state index in [9.17, 15) is 24.9 Å². The van der Waals surface area contributed by atoms with Gasteiger partial charge in [-0.05, 0) is 6.42 Å². The van der Waals surface area contributed by atoms with E-state index in [-0.39, 0.29) is 6.42 Å². The molecule has 0 aliphatic heterocycles. The molecule has 0 heterocycles. The van der Waals surface area contributed by atoms with Crippen LogP contribution >= 0.6 is 0 Å². The summed E-state index contributed by atoms with van der Waals surface area (Å²) in [6.07, 6.45) is -2.97. The highest BCUT2D eigenvalue weighted by Gasteiger charge is 2.55. The highest BCUT2D eigenvalue weighted by atomic mass is 16.4. The first kappa shape index (κ1) is 13.1. The van der Waals surface area contributed by atoms with Gasteiger partial charge in [0.25, 0.3) is 0 Å². The van der Waals surface area contributed by atoms with Crippen molar-refractivity contribution in [2.45, 2.75) is 44.0 Å². The van der Waals surface area contributed by atoms with Crippen molar-refractivity contribution in [3.05, 3.63) is 0 Å². The van der Waals surface area contributed by atoms with Crippen molar-refractivity contribution in [2.24, 2.45) is 5.92 Å². The molecule has 1 aliphatic rings. The number of ketones is 1. The molecule has 0 radical (unpaired) electrons. The smallest absolute Gasteiger partial charge is 0.336 e. The Hall–Kier alpha value is -0.980. The summed E-state index contributed by atoms with van der Waals surface area (Å²) < 4.78 is 0. The second kappa shape index (κ2) is 4.48. The third-order valence-corrected chi connectivity index (χ3v) is 3.04. The number of carbonyl (C=O) groups excluding carboxylic acids is 1. The monoisotopic (exact) mass is 232 g/mol. The molecule has 1 fully saturated rings. The number of carboxylic acid groups (broad SMARTS) is 1. The van der Waals surface area contributed by atoms with Gasteiger partial charge in [0.2, 0.25) is 0 Å². The minimum absolute atomic E-state index is 0.172. The lowest BCUT2D eigenvalue weighted by atomic mass is 9.70. The van der Waals surface area contributed by atoms with Gasteiger partial charge in [-0.15, -0.1) is 0 Å². The molecule has 0 amide bonds. The van der Waals surface area contributed by atoms with Gasteiger partial charge in [-0.1, -0.05) is 13.3 Å². The molecule has 1 rings (SSSR count). The minimum atomic E-state index is -2.27. The van der Waals surface area contributed by atoms with Gasteiger partial charge in [-0.2, -0.15) is 0 Å². The van der Waals surface area contributed by atoms with Gasteiger partial charge in [0.15, 0.2) is 11.4 Å². The Bertz CT molecular complexity index is 302. The van der Waals surface area contributed by atoms with Gasteiger partial charge in [0.1, 0.15) is 6.10 Å². The fourth-order valence-electron chi connectivity index (χ4n) is 2.11. The van der Waals surface area contributed by atoms with Crippen LogP contribution < -0.4 is 0 Å². The highest BCUT2D eigenvalue weighted by molar-refractivity contribution is 5.94. The Morgan fingerprint density at radius 1 is 1.50 bits per heavy atom. The molecule has 6 heteroatoms. The number of Topliss-reactive ketones (excluding diaryl/α,β-unsaturated/α-hetero) is 1. The summed E-state index contributed by atoms with van der Waals surface area (Å²) in [4.78, 5) is 22.6. The van der Waals surface area contributed by atoms with Crippen LogP contribution in [0.15, 0.2) is 0 Å². The second-order valence-corrected chi connectivity index (χ2v) is 4.19. The largest absolute Gasteiger partial charge is 0.479 e. The summed E-state index contributed by atoms with van der Waals surface area (Å²) in [6.45, 7) is 1.74. The van der Waals surface area contributed by atoms with E-state index in [1.807, 2.05) is 0 Å². The number of hydrogen-bond acceptors (Lipinski definition) is 5. The molecular weight excluding hydrogens is 216 g/mol. The van der Waals surface area contributed by atoms with Gasteiger partial charge in [-0.3, -0.25) is 4.79 Å². The zero-order valence-electron chi connectivity index (χ0n) is 8.96. The molecule has 0 aromatic rings. The second-order valence-electron chi connectivity index (χ2n) is 4.19. The molecule has 4 atom stereocenters. The topological polar surface area (TPSA) is 115 Å². The van der Waals surface area contributed by atoms with E-state index < -0.39 is 41.9 Å². The van der Waals surface area contributed by atoms with Crippen molar-refractivity contribution in [3.63, 3.8) is 0 Å². The van der Waals surface area contributed by atoms with Crippen LogP contribution in [0.2, 0.25) is 0 Å². The van der Waals surface area contributed by atoms with Crippen LogP contribution in [0, 0.1) is 5.92 Å². The number of carboxylic acids is 1. The van der Waals surface area contributed by atoms with Crippen LogP contribution in [0.1, 0.15) is 26.2 Å². The standard InChI is InChI=1S/C10H16O6/c1-2-3-5-7(12)8(13)6(11)4-10(5,16)9(14)15/h5-6,8,11,13,16H,2-4H2,1H3,(H,14,15)/t5-,6+,8-,10+/m0/s1. The third-order valence-electron chi connectivity index (χ3n) is 3.04. The molecule has 0 spiro atoms. The fourth-order valence-corrected chi connectivity index (χ4v) is 2.11. The maximum atomic E-state index is 11.6. The van der Waals surface area contributed by atoms with Crippen LogP contribution in [0.25, 0.3) is 0 Å². The lowest BCUT2D eigenvalue weighted by Gasteiger charge is -2.39. The number of aliphatic hydroxyl groups excluding tert-OH is 2. The highest BCUT2D eigenvalue weighted by Crippen LogP contribution is 2.35. The summed E-state index contributed by atoms with van der Waals surface area (Å²) in [5.41, 5.74) is -2.27. The Labute approximate surface area is 92.5 Å². The number of hydrogen-bond donors (Lipinski definition) is 4. The van der Waals surface area contributed by atoms with Crippen molar-refractivity contribution in [1.29, 1.82) is 0 Å². The van der Waals surface area contributed by atoms with Crippen molar-refractivity contribution < 1.29 is 30.0 Å². The van der Waals surface area contributed by atoms with Crippen molar-refractivity contribution in [1.82, 2.24) is 0 Å². The van der Waals surface area contributed by atoms with E-state index in [4.69, 9.17) is 5.11 Å². The average Bonchev–Trinajstić information content (AvgIpc) is 2.21. The molecule has 6 nitrogen and oxygen atoms in total. The van der Waals surface area contributed by atoms with Gasteiger partial charge in [0, 0.05) is 6.42 Å². The molecule has 0 bridgehead atoms. The van der Waals surface area contributed by atoms with Gasteiger partial charge >= 0.3 is 5.97 Å². The first-order chi connectivity index (χ1) is 7.34. The lowest BCUT2D eigenvalue weighted by molar-refractivity contribution is -0.188. The predicted molar refractivity (Wildman–Crippen MR) is 52.6 cm³/mol. The molecule has 4 N–H and O–H groups in total. The van der Waals surface area contributed by atoms with Crippen LogP contribution in [0.5, 0.6) is 0 Å². The van der Waals surface area contributed by atoms with Crippen molar-refractivity contribution in [2.75, 3.05) is 0 Å².